The summed E-state index contributed by atoms with van der Waals surface area (Å²) in [6.07, 6.45) is -12.3. The second kappa shape index (κ2) is 23.8. The summed E-state index contributed by atoms with van der Waals surface area (Å²) < 4.78 is 69.9. The minimum Gasteiger partial charge on any atom is -0.491 e. The zero-order valence-corrected chi connectivity index (χ0v) is 48.4. The number of aliphatic hydroxyl groups excluding tert-OH is 2. The van der Waals surface area contributed by atoms with Crippen LogP contribution in [0.15, 0.2) is 41.0 Å². The number of likely N-dealkylation sites (N-methyl/N-ethyl adjacent to an activating group) is 2. The van der Waals surface area contributed by atoms with Gasteiger partial charge in [0.1, 0.15) is 57.7 Å². The molecule has 2 aliphatic heterocycles. The molecule has 79 heavy (non-hydrogen) atoms. The number of amides is 5. The smallest absolute Gasteiger partial charge is 0.410 e. The van der Waals surface area contributed by atoms with E-state index >= 15 is 0 Å². The Morgan fingerprint density at radius 1 is 0.772 bits per heavy atom. The Labute approximate surface area is 460 Å². The number of hydrogen-bond acceptors (Lipinski definition) is 20. The Morgan fingerprint density at radius 3 is 1.82 bits per heavy atom. The molecule has 28 heteroatoms. The van der Waals surface area contributed by atoms with Gasteiger partial charge in [0.2, 0.25) is 10.0 Å². The highest BCUT2D eigenvalue weighted by Crippen LogP contribution is 2.41. The summed E-state index contributed by atoms with van der Waals surface area (Å²) in [6, 6.07) is -1.47. The van der Waals surface area contributed by atoms with Gasteiger partial charge in [-0.05, 0) is 115 Å². The van der Waals surface area contributed by atoms with Crippen LogP contribution in [0.3, 0.4) is 0 Å². The second-order valence-corrected chi connectivity index (χ2v) is 26.8. The summed E-state index contributed by atoms with van der Waals surface area (Å²) in [6.45, 7) is 19.6. The molecule has 446 valence electrons. The Kier molecular flexibility index (Phi) is 19.4. The zero-order chi connectivity index (χ0) is 59.8. The maximum Gasteiger partial charge on any atom is 0.410 e. The van der Waals surface area contributed by atoms with Gasteiger partial charge in [0, 0.05) is 51.0 Å². The molecule has 8 N–H and O–H groups in total. The van der Waals surface area contributed by atoms with Gasteiger partial charge in [0.25, 0.3) is 11.6 Å². The summed E-state index contributed by atoms with van der Waals surface area (Å²) in [5.74, 6) is -2.56. The number of rotatable bonds is 14. The molecule has 0 spiro atoms. The van der Waals surface area contributed by atoms with Crippen molar-refractivity contribution in [2.45, 2.75) is 215 Å². The van der Waals surface area contributed by atoms with Crippen LogP contribution in [0.2, 0.25) is 0 Å². The molecule has 3 fully saturated rings. The molecule has 27 nitrogen and oxygen atoms in total. The van der Waals surface area contributed by atoms with Gasteiger partial charge < -0.3 is 79.8 Å². The van der Waals surface area contributed by atoms with Crippen molar-refractivity contribution in [1.29, 1.82) is 0 Å². The van der Waals surface area contributed by atoms with Crippen LogP contribution < -0.4 is 21.3 Å². The highest BCUT2D eigenvalue weighted by atomic mass is 32.2. The van der Waals surface area contributed by atoms with Crippen molar-refractivity contribution >= 4 is 46.0 Å². The monoisotopic (exact) mass is 1140 g/mol. The van der Waals surface area contributed by atoms with E-state index in [0.29, 0.717) is 0 Å². The molecular formula is C51H81N7O20S. The highest BCUT2D eigenvalue weighted by molar-refractivity contribution is 7.89. The number of hydrogen-bond donors (Lipinski definition) is 8. The molecule has 4 aliphatic rings. The van der Waals surface area contributed by atoms with Crippen molar-refractivity contribution in [2.24, 2.45) is 5.92 Å². The van der Waals surface area contributed by atoms with Crippen LogP contribution in [0.4, 0.5) is 24.9 Å². The van der Waals surface area contributed by atoms with Gasteiger partial charge in [-0.25, -0.2) is 27.6 Å². The second-order valence-electron chi connectivity index (χ2n) is 24.8. The molecule has 2 heterocycles. The van der Waals surface area contributed by atoms with Gasteiger partial charge in [-0.3, -0.25) is 14.9 Å². The fourth-order valence-electron chi connectivity index (χ4n) is 9.80. The van der Waals surface area contributed by atoms with Crippen LogP contribution in [-0.2, 0) is 48.0 Å². The minimum atomic E-state index is -4.61. The lowest BCUT2D eigenvalue weighted by Crippen LogP contribution is -2.72. The number of aliphatic hydroxyl groups is 4. The molecule has 1 saturated heterocycles. The van der Waals surface area contributed by atoms with Gasteiger partial charge in [-0.15, -0.1) is 0 Å². The van der Waals surface area contributed by atoms with E-state index in [-0.39, 0.29) is 25.0 Å². The molecule has 5 amide bonds. The van der Waals surface area contributed by atoms with Gasteiger partial charge in [0.05, 0.1) is 42.3 Å². The quantitative estimate of drug-likeness (QED) is 0.0754. The third-order valence-electron chi connectivity index (χ3n) is 13.1. The molecule has 5 rings (SSSR count). The Morgan fingerprint density at radius 2 is 1.29 bits per heavy atom. The predicted molar refractivity (Wildman–Crippen MR) is 279 cm³/mol. The number of nitrogens with zero attached hydrogens (tertiary/aromatic N) is 3. The first-order chi connectivity index (χ1) is 36.0. The number of nitro benzene ring substituents is 1. The van der Waals surface area contributed by atoms with Crippen molar-refractivity contribution in [2.75, 3.05) is 27.2 Å². The highest BCUT2D eigenvalue weighted by Gasteiger charge is 2.58. The van der Waals surface area contributed by atoms with Crippen LogP contribution in [0.25, 0.3) is 0 Å². The van der Waals surface area contributed by atoms with E-state index in [2.05, 4.69) is 21.3 Å². The van der Waals surface area contributed by atoms with Crippen LogP contribution in [0.1, 0.15) is 116 Å². The topological polar surface area (TPSA) is 363 Å². The maximum atomic E-state index is 14.4. The van der Waals surface area contributed by atoms with Crippen LogP contribution >= 0.6 is 0 Å². The largest absolute Gasteiger partial charge is 0.491 e. The van der Waals surface area contributed by atoms with Crippen LogP contribution in [0.5, 0.6) is 0 Å². The van der Waals surface area contributed by atoms with Crippen LogP contribution in [-0.4, -0.2) is 195 Å². The SMILES string of the molecule is CN(C(=O)OC(C)(C)C)[C@@H]1[C@@H](O)[C@@H](O[C@H]2[C@H](NC(=O)C3(O)CC(NC(=O)OC(C)(C)C)C3)C[C@H](NC(=O)OC(C)(C)C)C([C@H]3OC(CN(C)S(=O)(=O)c4ccccc4[N+](=O)[O-])=CC[C@H]3NC(=O)OC(C)(C)C)[C@@H]2O)OC[C@]1(C)O. The molecular weight excluding hydrogens is 1060 g/mol. The predicted octanol–water partition coefficient (Wildman–Crippen LogP) is 3.05. The molecule has 2 saturated carbocycles. The number of nitro groups is 1. The third-order valence-corrected chi connectivity index (χ3v) is 14.9. The van der Waals surface area contributed by atoms with E-state index < -0.39 is 176 Å². The van der Waals surface area contributed by atoms with E-state index in [1.807, 2.05) is 0 Å². The number of sulfonamides is 1. The summed E-state index contributed by atoms with van der Waals surface area (Å²) in [7, 11) is -2.18. The molecule has 2 aliphatic carbocycles. The standard InChI is InChI=1S/C51H81N7O20S/c1-46(2,3)75-42(62)52-27-23-51(67,24-27)41(61)53-31-22-30(55-44(64)77-48(7,8)9)34(35(59)38(31)74-40-36(60)39(50(13,66)26-72-40)57(15)45(65)78-49(10,11)12)37-29(54-43(63)76-47(4,5)6)21-20-28(73-37)25-56(14)79(70,71)33-19-17-16-18-32(33)58(68)69/h16-20,27,29-31,34-40,59-60,66-67H,21-26H2,1-15H3,(H,52,62)(H,53,61)(H,54,63)(H,55,64)/t27?,29-,30+,31-,34?,35+,36-,37+,38+,39-,40-,50+,51?/m1/s1. The molecule has 1 aromatic rings. The molecule has 0 bridgehead atoms. The third kappa shape index (κ3) is 16.7. The first kappa shape index (κ1) is 64.2. The zero-order valence-electron chi connectivity index (χ0n) is 47.6. The molecule has 1 aromatic carbocycles. The van der Waals surface area contributed by atoms with E-state index in [1.54, 1.807) is 83.1 Å². The lowest BCUT2D eigenvalue weighted by molar-refractivity contribution is -0.387. The van der Waals surface area contributed by atoms with Crippen molar-refractivity contribution in [3.63, 3.8) is 0 Å². The Bertz CT molecular complexity index is 2550. The minimum absolute atomic E-state index is 0.0731. The van der Waals surface area contributed by atoms with E-state index in [1.165, 1.54) is 32.2 Å². The number of para-hydroxylation sites is 1. The van der Waals surface area contributed by atoms with Crippen molar-refractivity contribution in [3.8, 4) is 0 Å². The summed E-state index contributed by atoms with van der Waals surface area (Å²) in [5, 5.41) is 71.3. The molecule has 0 aromatic heterocycles. The number of ether oxygens (including phenoxy) is 7. The van der Waals surface area contributed by atoms with E-state index in [4.69, 9.17) is 33.2 Å². The van der Waals surface area contributed by atoms with Crippen molar-refractivity contribution in [1.82, 2.24) is 30.5 Å². The fourth-order valence-corrected chi connectivity index (χ4v) is 11.1. The number of nitrogens with one attached hydrogen (secondary N) is 4. The average molecular weight is 1140 g/mol. The first-order valence-corrected chi connectivity index (χ1v) is 27.3. The van der Waals surface area contributed by atoms with Crippen molar-refractivity contribution < 1.29 is 90.9 Å². The Hall–Kier alpha value is -5.62. The van der Waals surface area contributed by atoms with Gasteiger partial charge in [0.15, 0.2) is 11.2 Å². The normalized spacial score (nSPS) is 30.5. The first-order valence-electron chi connectivity index (χ1n) is 25.9. The van der Waals surface area contributed by atoms with Gasteiger partial charge >= 0.3 is 24.4 Å². The maximum absolute atomic E-state index is 14.4. The van der Waals surface area contributed by atoms with Gasteiger partial charge in [-0.1, -0.05) is 12.1 Å². The Balaban J connectivity index is 1.61. The molecule has 1 unspecified atom stereocenters. The van der Waals surface area contributed by atoms with Crippen molar-refractivity contribution in [3.05, 3.63) is 46.2 Å². The van der Waals surface area contributed by atoms with E-state index in [9.17, 15) is 62.9 Å². The fraction of sp³-hybridized carbons (Fsp3) is 0.745. The van der Waals surface area contributed by atoms with Crippen LogP contribution in [0, 0.1) is 16.0 Å². The number of benzene rings is 1. The lowest BCUT2D eigenvalue weighted by atomic mass is 9.71. The number of carbonyl (C=O) groups is 5. The van der Waals surface area contributed by atoms with E-state index in [0.717, 1.165) is 28.4 Å². The number of carbonyl (C=O) groups excluding carboxylic acids is 5. The lowest BCUT2D eigenvalue weighted by Gasteiger charge is -2.52. The number of alkyl carbamates (subject to hydrolysis) is 3. The summed E-state index contributed by atoms with van der Waals surface area (Å²) in [4.78, 5) is 79.4. The average Bonchev–Trinajstić information content (AvgIpc) is 3.27. The molecule has 11 atom stereocenters. The summed E-state index contributed by atoms with van der Waals surface area (Å²) >= 11 is 0. The summed E-state index contributed by atoms with van der Waals surface area (Å²) in [5.41, 5.74) is -8.74. The van der Waals surface area contributed by atoms with Gasteiger partial charge in [-0.2, -0.15) is 4.31 Å². The molecule has 0 radical (unpaired) electrons.